The molecule has 304 valence electrons. The SMILES string of the molecule is C=CC(=O)Nc1cccc(-c2cc(-c3ccccc3Cl)cc3cnc(N)nc23)c1.CC(C)(C)OC(=O)Nc1ncc2cc(-c3ccccc3Cl)cc(-c3cccc(N)c3)c2n1. The molecule has 0 radical (unpaired) electrons. The van der Waals surface area contributed by atoms with Gasteiger partial charge in [-0.3, -0.25) is 10.1 Å². The molecule has 0 unspecified atom stereocenters. The molecule has 61 heavy (non-hydrogen) atoms. The monoisotopic (exact) mass is 846 g/mol. The van der Waals surface area contributed by atoms with Gasteiger partial charge in [-0.15, -0.1) is 0 Å². The first-order chi connectivity index (χ1) is 29.2. The summed E-state index contributed by atoms with van der Waals surface area (Å²) in [7, 11) is 0. The van der Waals surface area contributed by atoms with E-state index in [0.717, 1.165) is 60.8 Å². The summed E-state index contributed by atoms with van der Waals surface area (Å²) in [6.07, 6.45) is 3.99. The zero-order valence-corrected chi connectivity index (χ0v) is 34.9. The molecule has 2 heterocycles. The number of hydrogen-bond donors (Lipinski definition) is 4. The topological polar surface area (TPSA) is 171 Å². The van der Waals surface area contributed by atoms with Crippen molar-refractivity contribution in [2.24, 2.45) is 0 Å². The van der Waals surface area contributed by atoms with Gasteiger partial charge in [-0.2, -0.15) is 0 Å². The predicted molar refractivity (Wildman–Crippen MR) is 248 cm³/mol. The number of nitrogens with one attached hydrogen (secondary N) is 2. The Hall–Kier alpha value is -7.34. The third kappa shape index (κ3) is 10.1. The second kappa shape index (κ2) is 17.9. The maximum atomic E-state index is 12.2. The molecule has 0 aliphatic rings. The molecule has 0 aliphatic carbocycles. The lowest BCUT2D eigenvalue weighted by Gasteiger charge is -2.19. The first-order valence-corrected chi connectivity index (χ1v) is 19.8. The summed E-state index contributed by atoms with van der Waals surface area (Å²) < 4.78 is 5.31. The van der Waals surface area contributed by atoms with Crippen LogP contribution in [0, 0.1) is 0 Å². The molecule has 0 aliphatic heterocycles. The van der Waals surface area contributed by atoms with Crippen molar-refractivity contribution in [2.45, 2.75) is 26.4 Å². The van der Waals surface area contributed by atoms with Crippen LogP contribution in [-0.4, -0.2) is 37.5 Å². The lowest BCUT2D eigenvalue weighted by Crippen LogP contribution is -2.27. The number of aromatic nitrogens is 4. The summed E-state index contributed by atoms with van der Waals surface area (Å²) in [5.41, 5.74) is 21.1. The normalized spacial score (nSPS) is 11.0. The van der Waals surface area contributed by atoms with E-state index in [4.69, 9.17) is 39.4 Å². The number of nitrogens with two attached hydrogens (primary N) is 2. The van der Waals surface area contributed by atoms with E-state index < -0.39 is 11.7 Å². The number of fused-ring (bicyclic) bond motifs is 2. The highest BCUT2D eigenvalue weighted by Crippen LogP contribution is 2.38. The van der Waals surface area contributed by atoms with E-state index in [9.17, 15) is 9.59 Å². The van der Waals surface area contributed by atoms with E-state index in [1.54, 1.807) is 33.2 Å². The standard InChI is InChI=1S/C25H23ClN4O2.C23H17ClN4O/c1-25(2,3)32-24(31)30-23-28-14-17-11-16(19-9-4-5-10-21(19)26)13-20(22(17)29-23)15-7-6-8-18(27)12-15;1-2-21(29)27-17-7-5-6-14(11-17)19-12-15(18-8-3-4-9-20(18)24)10-16-13-26-23(25)28-22(16)19/h4-14H,27H2,1-3H3,(H,28,29,30,31);2-13H,1H2,(H,27,29)(H2,25,26,28). The first-order valence-electron chi connectivity index (χ1n) is 19.0. The Balaban J connectivity index is 0.000000185. The molecule has 2 amide bonds. The van der Waals surface area contributed by atoms with Gasteiger partial charge in [-0.25, -0.2) is 24.7 Å². The van der Waals surface area contributed by atoms with Gasteiger partial charge >= 0.3 is 6.09 Å². The van der Waals surface area contributed by atoms with E-state index in [0.29, 0.717) is 26.9 Å². The highest BCUT2D eigenvalue weighted by atomic mass is 35.5. The summed E-state index contributed by atoms with van der Waals surface area (Å²) in [6, 6.07) is 38.4. The maximum Gasteiger partial charge on any atom is 0.414 e. The van der Waals surface area contributed by atoms with Gasteiger partial charge in [0.05, 0.1) is 11.0 Å². The Labute approximate surface area is 362 Å². The Morgan fingerprint density at radius 3 is 1.77 bits per heavy atom. The second-order valence-corrected chi connectivity index (χ2v) is 15.6. The molecule has 6 aromatic carbocycles. The van der Waals surface area contributed by atoms with Crippen molar-refractivity contribution < 1.29 is 14.3 Å². The molecular formula is C48H40Cl2N8O3. The number of nitrogens with zero attached hydrogens (tertiary/aromatic N) is 4. The van der Waals surface area contributed by atoms with Gasteiger partial charge in [0, 0.05) is 66.8 Å². The molecule has 0 saturated heterocycles. The number of carbonyl (C=O) groups excluding carboxylic acids is 2. The molecule has 6 N–H and O–H groups in total. The summed E-state index contributed by atoms with van der Waals surface area (Å²) in [4.78, 5) is 41.4. The number of amides is 2. The van der Waals surface area contributed by atoms with Gasteiger partial charge in [-0.05, 0) is 110 Å². The highest BCUT2D eigenvalue weighted by molar-refractivity contribution is 6.33. The molecule has 8 aromatic rings. The minimum atomic E-state index is -0.627. The van der Waals surface area contributed by atoms with Crippen molar-refractivity contribution in [2.75, 3.05) is 22.1 Å². The van der Waals surface area contributed by atoms with Crippen LogP contribution in [0.25, 0.3) is 66.3 Å². The van der Waals surface area contributed by atoms with Crippen molar-refractivity contribution in [1.29, 1.82) is 0 Å². The quantitative estimate of drug-likeness (QED) is 0.0900. The number of anilines is 4. The number of rotatable bonds is 7. The van der Waals surface area contributed by atoms with Crippen LogP contribution in [0.3, 0.4) is 0 Å². The summed E-state index contributed by atoms with van der Waals surface area (Å²) in [5, 5.41) is 8.33. The van der Waals surface area contributed by atoms with Gasteiger partial charge < -0.3 is 21.5 Å². The Morgan fingerprint density at radius 2 is 1.20 bits per heavy atom. The molecule has 11 nitrogen and oxygen atoms in total. The van der Waals surface area contributed by atoms with Crippen molar-refractivity contribution in [1.82, 2.24) is 19.9 Å². The van der Waals surface area contributed by atoms with Gasteiger partial charge in [0.25, 0.3) is 0 Å². The maximum absolute atomic E-state index is 12.2. The zero-order chi connectivity index (χ0) is 43.3. The van der Waals surface area contributed by atoms with Gasteiger partial charge in [0.1, 0.15) is 5.60 Å². The molecule has 0 fully saturated rings. The van der Waals surface area contributed by atoms with Crippen LogP contribution in [0.1, 0.15) is 20.8 Å². The molecule has 0 bridgehead atoms. The van der Waals surface area contributed by atoms with Gasteiger partial charge in [-0.1, -0.05) is 90.4 Å². The largest absolute Gasteiger partial charge is 0.444 e. The molecule has 8 rings (SSSR count). The minimum Gasteiger partial charge on any atom is -0.444 e. The highest BCUT2D eigenvalue weighted by Gasteiger charge is 2.19. The Bertz CT molecular complexity index is 2970. The van der Waals surface area contributed by atoms with Gasteiger partial charge in [0.15, 0.2) is 0 Å². The van der Waals surface area contributed by atoms with Crippen molar-refractivity contribution in [3.8, 4) is 44.5 Å². The van der Waals surface area contributed by atoms with Crippen LogP contribution in [0.4, 0.5) is 28.1 Å². The van der Waals surface area contributed by atoms with Crippen LogP contribution >= 0.6 is 23.2 Å². The molecule has 0 saturated carbocycles. The summed E-state index contributed by atoms with van der Waals surface area (Å²) in [6.45, 7) is 8.87. The molecule has 0 atom stereocenters. The van der Waals surface area contributed by atoms with Crippen molar-refractivity contribution in [3.05, 3.63) is 156 Å². The molecule has 2 aromatic heterocycles. The van der Waals surface area contributed by atoms with Crippen LogP contribution < -0.4 is 22.1 Å². The number of ether oxygens (including phenoxy) is 1. The number of carbonyl (C=O) groups is 2. The predicted octanol–water partition coefficient (Wildman–Crippen LogP) is 11.9. The number of benzene rings is 6. The fraction of sp³-hybridized carbons (Fsp3) is 0.0833. The van der Waals surface area contributed by atoms with Crippen molar-refractivity contribution in [3.63, 3.8) is 0 Å². The average molecular weight is 848 g/mol. The minimum absolute atomic E-state index is 0.155. The van der Waals surface area contributed by atoms with Crippen LogP contribution in [0.15, 0.2) is 146 Å². The second-order valence-electron chi connectivity index (χ2n) is 14.8. The summed E-state index contributed by atoms with van der Waals surface area (Å²) in [5.74, 6) is 0.0751. The van der Waals surface area contributed by atoms with E-state index >= 15 is 0 Å². The van der Waals surface area contributed by atoms with E-state index in [2.05, 4.69) is 37.1 Å². The fourth-order valence-corrected chi connectivity index (χ4v) is 7.06. The zero-order valence-electron chi connectivity index (χ0n) is 33.4. The van der Waals surface area contributed by atoms with Crippen LogP contribution in [0.5, 0.6) is 0 Å². The number of hydrogen-bond acceptors (Lipinski definition) is 9. The Morgan fingerprint density at radius 1 is 0.639 bits per heavy atom. The lowest BCUT2D eigenvalue weighted by atomic mass is 9.96. The smallest absolute Gasteiger partial charge is 0.414 e. The molecular weight excluding hydrogens is 807 g/mol. The number of nitrogen functional groups attached to an aromatic ring is 2. The summed E-state index contributed by atoms with van der Waals surface area (Å²) >= 11 is 12.9. The van der Waals surface area contributed by atoms with E-state index in [1.165, 1.54) is 6.08 Å². The first kappa shape index (κ1) is 41.8. The third-order valence-corrected chi connectivity index (χ3v) is 9.85. The van der Waals surface area contributed by atoms with Crippen LogP contribution in [-0.2, 0) is 9.53 Å². The van der Waals surface area contributed by atoms with Crippen LogP contribution in [0.2, 0.25) is 10.0 Å². The average Bonchev–Trinajstić information content (AvgIpc) is 3.23. The van der Waals surface area contributed by atoms with E-state index in [1.807, 2.05) is 121 Å². The van der Waals surface area contributed by atoms with E-state index in [-0.39, 0.29) is 17.8 Å². The molecule has 13 heteroatoms. The van der Waals surface area contributed by atoms with Gasteiger partial charge in [0.2, 0.25) is 17.8 Å². The molecule has 0 spiro atoms. The number of halogens is 2. The fourth-order valence-electron chi connectivity index (χ4n) is 6.57. The Kier molecular flexibility index (Phi) is 12.3. The van der Waals surface area contributed by atoms with Crippen molar-refractivity contribution >= 4 is 80.3 Å². The lowest BCUT2D eigenvalue weighted by molar-refractivity contribution is -0.111. The third-order valence-electron chi connectivity index (χ3n) is 9.19.